The van der Waals surface area contributed by atoms with Gasteiger partial charge in [-0.25, -0.2) is 0 Å². The van der Waals surface area contributed by atoms with Crippen LogP contribution < -0.4 is 5.32 Å². The molecule has 1 aromatic heterocycles. The van der Waals surface area contributed by atoms with E-state index in [0.717, 1.165) is 16.5 Å². The second-order valence-corrected chi connectivity index (χ2v) is 7.02. The summed E-state index contributed by atoms with van der Waals surface area (Å²) < 4.78 is 0. The van der Waals surface area contributed by atoms with Gasteiger partial charge in [0.25, 0.3) is 0 Å². The summed E-state index contributed by atoms with van der Waals surface area (Å²) in [6.07, 6.45) is 2.05. The Morgan fingerprint density at radius 2 is 1.96 bits per heavy atom. The van der Waals surface area contributed by atoms with E-state index >= 15 is 0 Å². The molecular formula is C20H18ClN3O2. The first kappa shape index (κ1) is 16.7. The lowest BCUT2D eigenvalue weighted by molar-refractivity contribution is -0.127. The van der Waals surface area contributed by atoms with Crippen LogP contribution in [0.25, 0.3) is 10.9 Å². The molecule has 2 amide bonds. The molecule has 2 heterocycles. The molecule has 0 spiro atoms. The first-order valence-corrected chi connectivity index (χ1v) is 8.80. The fraction of sp³-hybridized carbons (Fsp3) is 0.200. The number of aromatic amines is 1. The minimum Gasteiger partial charge on any atom is -0.361 e. The van der Waals surface area contributed by atoms with Crippen molar-refractivity contribution in [2.75, 3.05) is 12.4 Å². The maximum atomic E-state index is 12.9. The van der Waals surface area contributed by atoms with Gasteiger partial charge >= 0.3 is 0 Å². The summed E-state index contributed by atoms with van der Waals surface area (Å²) in [5.41, 5.74) is 2.57. The second-order valence-electron chi connectivity index (χ2n) is 6.58. The summed E-state index contributed by atoms with van der Waals surface area (Å²) >= 11 is 5.97. The molecule has 0 saturated carbocycles. The number of nitrogens with zero attached hydrogens (tertiary/aromatic N) is 1. The van der Waals surface area contributed by atoms with E-state index in [1.165, 1.54) is 0 Å². The number of aromatic nitrogens is 1. The summed E-state index contributed by atoms with van der Waals surface area (Å²) in [7, 11) is 1.74. The Hall–Kier alpha value is -2.79. The van der Waals surface area contributed by atoms with Crippen LogP contribution in [0.1, 0.15) is 18.0 Å². The zero-order chi connectivity index (χ0) is 18.3. The highest BCUT2D eigenvalue weighted by atomic mass is 35.5. The molecule has 1 aliphatic heterocycles. The summed E-state index contributed by atoms with van der Waals surface area (Å²) in [5.74, 6) is -0.647. The largest absolute Gasteiger partial charge is 0.361 e. The smallest absolute Gasteiger partial charge is 0.230 e. The van der Waals surface area contributed by atoms with Crippen molar-refractivity contribution >= 4 is 40.0 Å². The van der Waals surface area contributed by atoms with Crippen LogP contribution in [0.3, 0.4) is 0 Å². The molecule has 6 heteroatoms. The molecule has 4 rings (SSSR count). The van der Waals surface area contributed by atoms with Crippen LogP contribution in [0.2, 0.25) is 5.02 Å². The molecule has 0 aliphatic carbocycles. The number of anilines is 1. The topological polar surface area (TPSA) is 65.2 Å². The third-order valence-corrected chi connectivity index (χ3v) is 5.21. The first-order chi connectivity index (χ1) is 12.5. The van der Waals surface area contributed by atoms with Crippen molar-refractivity contribution in [1.29, 1.82) is 0 Å². The van der Waals surface area contributed by atoms with Gasteiger partial charge in [-0.05, 0) is 41.3 Å². The van der Waals surface area contributed by atoms with Crippen molar-refractivity contribution in [3.05, 3.63) is 65.3 Å². The molecule has 3 aromatic rings. The van der Waals surface area contributed by atoms with Gasteiger partial charge in [-0.3, -0.25) is 9.59 Å². The number of hydrogen-bond donors (Lipinski definition) is 2. The SMILES string of the molecule is CN1C(=O)CC(C(=O)Nc2ccc3cc[nH]c3c2)C1c1ccc(Cl)cc1. The number of likely N-dealkylation sites (tertiary alicyclic amines) is 1. The molecule has 0 bridgehead atoms. The Morgan fingerprint density at radius 3 is 2.73 bits per heavy atom. The minimum atomic E-state index is -0.451. The fourth-order valence-corrected chi connectivity index (χ4v) is 3.71. The predicted octanol–water partition coefficient (Wildman–Crippen LogP) is 3.98. The van der Waals surface area contributed by atoms with E-state index in [2.05, 4.69) is 10.3 Å². The maximum absolute atomic E-state index is 12.9. The van der Waals surface area contributed by atoms with E-state index in [0.29, 0.717) is 10.7 Å². The summed E-state index contributed by atoms with van der Waals surface area (Å²) in [5, 5.41) is 4.66. The molecule has 2 aromatic carbocycles. The van der Waals surface area contributed by atoms with Crippen LogP contribution in [0.15, 0.2) is 54.7 Å². The number of carbonyl (C=O) groups excluding carboxylic acids is 2. The number of amides is 2. The molecule has 26 heavy (non-hydrogen) atoms. The third-order valence-electron chi connectivity index (χ3n) is 4.96. The average molecular weight is 368 g/mol. The van der Waals surface area contributed by atoms with E-state index in [9.17, 15) is 9.59 Å². The van der Waals surface area contributed by atoms with Crippen molar-refractivity contribution in [1.82, 2.24) is 9.88 Å². The number of H-pyrrole nitrogens is 1. The Labute approximate surface area is 155 Å². The van der Waals surface area contributed by atoms with Gasteiger partial charge in [0.05, 0.1) is 12.0 Å². The molecule has 1 saturated heterocycles. The number of fused-ring (bicyclic) bond motifs is 1. The normalized spacial score (nSPS) is 19.9. The Bertz CT molecular complexity index is 980. The lowest BCUT2D eigenvalue weighted by atomic mass is 9.93. The van der Waals surface area contributed by atoms with Gasteiger partial charge in [0.15, 0.2) is 0 Å². The van der Waals surface area contributed by atoms with Crippen molar-refractivity contribution in [3.63, 3.8) is 0 Å². The number of benzene rings is 2. The molecule has 2 N–H and O–H groups in total. The highest BCUT2D eigenvalue weighted by Crippen LogP contribution is 2.38. The van der Waals surface area contributed by atoms with Crippen LogP contribution in [0, 0.1) is 5.92 Å². The Kier molecular flexibility index (Phi) is 4.17. The van der Waals surface area contributed by atoms with Gasteiger partial charge in [0.1, 0.15) is 0 Å². The summed E-state index contributed by atoms with van der Waals surface area (Å²) in [6.45, 7) is 0. The van der Waals surface area contributed by atoms with Gasteiger partial charge in [0.2, 0.25) is 11.8 Å². The van der Waals surface area contributed by atoms with Crippen LogP contribution in [-0.2, 0) is 9.59 Å². The van der Waals surface area contributed by atoms with Gasteiger partial charge in [-0.15, -0.1) is 0 Å². The quantitative estimate of drug-likeness (QED) is 0.735. The predicted molar refractivity (Wildman–Crippen MR) is 102 cm³/mol. The lowest BCUT2D eigenvalue weighted by Crippen LogP contribution is -2.30. The second kappa shape index (κ2) is 6.50. The zero-order valence-corrected chi connectivity index (χ0v) is 15.0. The highest BCUT2D eigenvalue weighted by Gasteiger charge is 2.42. The zero-order valence-electron chi connectivity index (χ0n) is 14.2. The van der Waals surface area contributed by atoms with Crippen molar-refractivity contribution in [3.8, 4) is 0 Å². The van der Waals surface area contributed by atoms with E-state index in [1.54, 1.807) is 24.1 Å². The first-order valence-electron chi connectivity index (χ1n) is 8.42. The lowest BCUT2D eigenvalue weighted by Gasteiger charge is -2.25. The Morgan fingerprint density at radius 1 is 1.19 bits per heavy atom. The third kappa shape index (κ3) is 2.95. The number of carbonyl (C=O) groups is 2. The molecule has 2 unspecified atom stereocenters. The van der Waals surface area contributed by atoms with Crippen LogP contribution in [0.5, 0.6) is 0 Å². The average Bonchev–Trinajstić information content (AvgIpc) is 3.20. The molecule has 1 aliphatic rings. The molecule has 132 valence electrons. The van der Waals surface area contributed by atoms with Gasteiger partial charge in [0, 0.05) is 35.9 Å². The summed E-state index contributed by atoms with van der Waals surface area (Å²) in [4.78, 5) is 29.9. The molecule has 0 radical (unpaired) electrons. The minimum absolute atomic E-state index is 0.0371. The van der Waals surface area contributed by atoms with Gasteiger partial charge in [-0.2, -0.15) is 0 Å². The number of hydrogen-bond acceptors (Lipinski definition) is 2. The molecular weight excluding hydrogens is 350 g/mol. The van der Waals surface area contributed by atoms with E-state index in [4.69, 9.17) is 11.6 Å². The van der Waals surface area contributed by atoms with E-state index in [1.807, 2.05) is 42.6 Å². The van der Waals surface area contributed by atoms with E-state index in [-0.39, 0.29) is 24.3 Å². The van der Waals surface area contributed by atoms with Crippen molar-refractivity contribution < 1.29 is 9.59 Å². The van der Waals surface area contributed by atoms with Gasteiger partial charge < -0.3 is 15.2 Å². The number of halogens is 1. The van der Waals surface area contributed by atoms with E-state index < -0.39 is 5.92 Å². The monoisotopic (exact) mass is 367 g/mol. The van der Waals surface area contributed by atoms with Gasteiger partial charge in [-0.1, -0.05) is 29.8 Å². The van der Waals surface area contributed by atoms with Crippen LogP contribution in [0.4, 0.5) is 5.69 Å². The van der Waals surface area contributed by atoms with Crippen LogP contribution in [-0.4, -0.2) is 28.7 Å². The standard InChI is InChI=1S/C20H18ClN3O2/c1-24-18(25)11-16(19(24)13-2-5-14(21)6-3-13)20(26)23-15-7-4-12-8-9-22-17(12)10-15/h2-10,16,19,22H,11H2,1H3,(H,23,26). The number of rotatable bonds is 3. The van der Waals surface area contributed by atoms with Crippen LogP contribution >= 0.6 is 11.6 Å². The highest BCUT2D eigenvalue weighted by molar-refractivity contribution is 6.30. The van der Waals surface area contributed by atoms with Crippen molar-refractivity contribution in [2.45, 2.75) is 12.5 Å². The number of nitrogens with one attached hydrogen (secondary N) is 2. The fourth-order valence-electron chi connectivity index (χ4n) is 3.58. The molecule has 2 atom stereocenters. The maximum Gasteiger partial charge on any atom is 0.230 e. The molecule has 1 fully saturated rings. The van der Waals surface area contributed by atoms with Crippen molar-refractivity contribution in [2.24, 2.45) is 5.92 Å². The molecule has 5 nitrogen and oxygen atoms in total. The Balaban J connectivity index is 1.60. The summed E-state index contributed by atoms with van der Waals surface area (Å²) in [6, 6.07) is 14.7.